The molecule has 35 heavy (non-hydrogen) atoms. The van der Waals surface area contributed by atoms with Gasteiger partial charge in [0.1, 0.15) is 23.4 Å². The molecule has 2 atom stereocenters. The highest BCUT2D eigenvalue weighted by Crippen LogP contribution is 2.38. The van der Waals surface area contributed by atoms with E-state index >= 15 is 0 Å². The maximum atomic E-state index is 14.2. The second kappa shape index (κ2) is 10.6. The first-order valence-electron chi connectivity index (χ1n) is 11.5. The van der Waals surface area contributed by atoms with Crippen molar-refractivity contribution in [3.63, 3.8) is 0 Å². The molecular formula is C25H29FN4O5. The molecule has 9 nitrogen and oxygen atoms in total. The molecule has 0 spiro atoms. The van der Waals surface area contributed by atoms with Gasteiger partial charge in [-0.3, -0.25) is 14.9 Å². The third-order valence-corrected chi connectivity index (χ3v) is 6.17. The highest BCUT2D eigenvalue weighted by molar-refractivity contribution is 6.08. The molecule has 4 rings (SSSR count). The van der Waals surface area contributed by atoms with Crippen LogP contribution in [0.15, 0.2) is 47.5 Å². The molecule has 1 N–H and O–H groups in total. The van der Waals surface area contributed by atoms with E-state index in [0.29, 0.717) is 54.9 Å². The van der Waals surface area contributed by atoms with Crippen LogP contribution in [0.2, 0.25) is 0 Å². The summed E-state index contributed by atoms with van der Waals surface area (Å²) in [5, 5.41) is 2.78. The molecule has 0 unspecified atom stereocenters. The van der Waals surface area contributed by atoms with Crippen molar-refractivity contribution in [2.24, 2.45) is 10.9 Å². The normalized spacial score (nSPS) is 20.1. The molecule has 2 aromatic rings. The lowest BCUT2D eigenvalue weighted by Gasteiger charge is -2.39. The molecule has 0 aromatic heterocycles. The summed E-state index contributed by atoms with van der Waals surface area (Å²) in [6.45, 7) is 3.96. The van der Waals surface area contributed by atoms with Crippen molar-refractivity contribution in [2.75, 3.05) is 51.9 Å². The van der Waals surface area contributed by atoms with Crippen molar-refractivity contribution in [1.29, 1.82) is 0 Å². The number of hydrogen-bond acceptors (Lipinski definition) is 8. The van der Waals surface area contributed by atoms with Gasteiger partial charge in [-0.1, -0.05) is 12.1 Å². The first kappa shape index (κ1) is 24.3. The van der Waals surface area contributed by atoms with E-state index in [4.69, 9.17) is 19.2 Å². The maximum absolute atomic E-state index is 14.2. The number of rotatable bonds is 6. The second-order valence-electron chi connectivity index (χ2n) is 8.15. The van der Waals surface area contributed by atoms with E-state index in [0.717, 1.165) is 0 Å². The van der Waals surface area contributed by atoms with E-state index in [1.54, 1.807) is 50.4 Å². The molecule has 0 bridgehead atoms. The number of halogens is 1. The number of nitrogens with one attached hydrogen (secondary N) is 1. The van der Waals surface area contributed by atoms with E-state index in [9.17, 15) is 14.0 Å². The van der Waals surface area contributed by atoms with Gasteiger partial charge in [-0.15, -0.1) is 0 Å². The summed E-state index contributed by atoms with van der Waals surface area (Å²) in [6.07, 6.45) is 0. The Morgan fingerprint density at radius 1 is 1.09 bits per heavy atom. The molecule has 10 heteroatoms. The number of amides is 1. The quantitative estimate of drug-likeness (QED) is 0.497. The number of para-hydroxylation sites is 1. The molecule has 0 saturated carbocycles. The first-order chi connectivity index (χ1) is 17.0. The number of benzene rings is 2. The fourth-order valence-electron chi connectivity index (χ4n) is 4.38. The smallest absolute Gasteiger partial charge is 0.321 e. The largest absolute Gasteiger partial charge is 0.497 e. The van der Waals surface area contributed by atoms with Gasteiger partial charge in [0.05, 0.1) is 26.5 Å². The van der Waals surface area contributed by atoms with Gasteiger partial charge >= 0.3 is 5.97 Å². The highest BCUT2D eigenvalue weighted by atomic mass is 19.1. The molecule has 0 aliphatic carbocycles. The number of hydrogen-bond donors (Lipinski definition) is 1. The zero-order valence-electron chi connectivity index (χ0n) is 20.0. The van der Waals surface area contributed by atoms with Crippen LogP contribution in [-0.2, 0) is 14.3 Å². The Kier molecular flexibility index (Phi) is 7.38. The first-order valence-corrected chi connectivity index (χ1v) is 11.5. The Hall–Kier alpha value is -3.82. The Morgan fingerprint density at radius 2 is 1.80 bits per heavy atom. The van der Waals surface area contributed by atoms with Crippen molar-refractivity contribution >= 4 is 23.5 Å². The summed E-state index contributed by atoms with van der Waals surface area (Å²) in [5.74, 6) is -1.19. The van der Waals surface area contributed by atoms with Crippen LogP contribution in [-0.4, -0.2) is 69.7 Å². The van der Waals surface area contributed by atoms with Gasteiger partial charge in [-0.2, -0.15) is 0 Å². The van der Waals surface area contributed by atoms with Gasteiger partial charge in [0, 0.05) is 37.8 Å². The number of aliphatic imine (C=N–C) groups is 1. The van der Waals surface area contributed by atoms with Crippen molar-refractivity contribution in [2.45, 2.75) is 13.0 Å². The number of esters is 1. The fourth-order valence-corrected chi connectivity index (χ4v) is 4.38. The monoisotopic (exact) mass is 484 g/mol. The molecular weight excluding hydrogens is 455 g/mol. The number of piperazine rings is 1. The lowest BCUT2D eigenvalue weighted by molar-refractivity contribution is -0.153. The lowest BCUT2D eigenvalue weighted by Crippen LogP contribution is -2.57. The summed E-state index contributed by atoms with van der Waals surface area (Å²) < 4.78 is 30.2. The van der Waals surface area contributed by atoms with Crippen molar-refractivity contribution < 1.29 is 28.2 Å². The average Bonchev–Trinajstić information content (AvgIpc) is 2.88. The highest BCUT2D eigenvalue weighted by Gasteiger charge is 2.43. The van der Waals surface area contributed by atoms with Crippen LogP contribution in [0, 0.1) is 11.7 Å². The van der Waals surface area contributed by atoms with E-state index < -0.39 is 23.8 Å². The predicted octanol–water partition coefficient (Wildman–Crippen LogP) is 2.37. The predicted molar refractivity (Wildman–Crippen MR) is 128 cm³/mol. The Balaban J connectivity index is 1.63. The van der Waals surface area contributed by atoms with Gasteiger partial charge in [0.25, 0.3) is 0 Å². The number of anilines is 1. The minimum atomic E-state index is -1.17. The number of methoxy groups -OCH3 is 2. The number of carbonyl (C=O) groups excluding carboxylic acids is 2. The number of carbonyl (C=O) groups is 2. The van der Waals surface area contributed by atoms with Gasteiger partial charge in [-0.05, 0) is 31.2 Å². The average molecular weight is 485 g/mol. The van der Waals surface area contributed by atoms with Gasteiger partial charge < -0.3 is 24.0 Å². The Bertz CT molecular complexity index is 1120. The topological polar surface area (TPSA) is 92.7 Å². The standard InChI is InChI=1S/C25H29FN4O5/c1-4-35-24(32)21-22(17-10-9-16(33-2)15-20(17)34-3)27-25(28-23(21)31)30-13-11-29(12-14-30)19-8-6-5-7-18(19)26/h5-10,15,21-22H,4,11-14H2,1-3H3,(H,27,28,31)/t21-,22+/m0/s1. The molecule has 2 aromatic carbocycles. The molecule has 186 valence electrons. The zero-order chi connectivity index (χ0) is 24.9. The van der Waals surface area contributed by atoms with Crippen LogP contribution in [0.1, 0.15) is 18.5 Å². The van der Waals surface area contributed by atoms with Gasteiger partial charge in [-0.25, -0.2) is 9.38 Å². The van der Waals surface area contributed by atoms with E-state index in [-0.39, 0.29) is 12.4 Å². The summed E-state index contributed by atoms with van der Waals surface area (Å²) in [7, 11) is 3.05. The molecule has 1 fully saturated rings. The van der Waals surface area contributed by atoms with Crippen molar-refractivity contribution in [3.8, 4) is 11.5 Å². The molecule has 2 heterocycles. The maximum Gasteiger partial charge on any atom is 0.321 e. The van der Waals surface area contributed by atoms with Crippen molar-refractivity contribution in [3.05, 3.63) is 53.8 Å². The molecule has 2 aliphatic rings. The van der Waals surface area contributed by atoms with Crippen LogP contribution < -0.4 is 19.7 Å². The third kappa shape index (κ3) is 5.01. The SMILES string of the molecule is CCOC(=O)[C@@H]1C(=O)NC(N2CCN(c3ccccc3F)CC2)=N[C@@H]1c1ccc(OC)cc1OC. The van der Waals surface area contributed by atoms with Crippen molar-refractivity contribution in [1.82, 2.24) is 10.2 Å². The molecule has 2 aliphatic heterocycles. The van der Waals surface area contributed by atoms with Crippen LogP contribution in [0.4, 0.5) is 10.1 Å². The van der Waals surface area contributed by atoms with Gasteiger partial charge in [0.2, 0.25) is 11.9 Å². The summed E-state index contributed by atoms with van der Waals surface area (Å²) in [5.41, 5.74) is 1.12. The van der Waals surface area contributed by atoms with Crippen LogP contribution >= 0.6 is 0 Å². The molecule has 0 radical (unpaired) electrons. The van der Waals surface area contributed by atoms with E-state index in [1.165, 1.54) is 13.2 Å². The number of ether oxygens (including phenoxy) is 3. The second-order valence-corrected chi connectivity index (χ2v) is 8.15. The lowest BCUT2D eigenvalue weighted by atomic mass is 9.90. The Morgan fingerprint density at radius 3 is 2.46 bits per heavy atom. The van der Waals surface area contributed by atoms with Gasteiger partial charge in [0.15, 0.2) is 5.92 Å². The number of guanidine groups is 1. The van der Waals surface area contributed by atoms with E-state index in [2.05, 4.69) is 5.32 Å². The van der Waals surface area contributed by atoms with Crippen LogP contribution in [0.3, 0.4) is 0 Å². The Labute approximate surface area is 203 Å². The molecule has 1 amide bonds. The fraction of sp³-hybridized carbons (Fsp3) is 0.400. The minimum Gasteiger partial charge on any atom is -0.497 e. The van der Waals surface area contributed by atoms with Crippen LogP contribution in [0.25, 0.3) is 0 Å². The minimum absolute atomic E-state index is 0.143. The number of nitrogens with zero attached hydrogens (tertiary/aromatic N) is 3. The zero-order valence-corrected chi connectivity index (χ0v) is 20.0. The third-order valence-electron chi connectivity index (χ3n) is 6.17. The summed E-state index contributed by atoms with van der Waals surface area (Å²) >= 11 is 0. The summed E-state index contributed by atoms with van der Waals surface area (Å²) in [4.78, 5) is 34.6. The van der Waals surface area contributed by atoms with E-state index in [1.807, 2.05) is 9.80 Å². The van der Waals surface area contributed by atoms with Crippen LogP contribution in [0.5, 0.6) is 11.5 Å². The summed E-state index contributed by atoms with van der Waals surface area (Å²) in [6, 6.07) is 11.0. The molecule has 1 saturated heterocycles.